The van der Waals surface area contributed by atoms with Crippen molar-refractivity contribution in [2.75, 3.05) is 13.2 Å². The maximum atomic E-state index is 5.68. The minimum Gasteiger partial charge on any atom is -0.378 e. The minimum absolute atomic E-state index is 0.567. The first-order chi connectivity index (χ1) is 7.84. The number of hydrogen-bond acceptors (Lipinski definition) is 2. The second-order valence-electron chi connectivity index (χ2n) is 5.54. The van der Waals surface area contributed by atoms with Crippen molar-refractivity contribution in [1.29, 1.82) is 0 Å². The van der Waals surface area contributed by atoms with Crippen molar-refractivity contribution >= 4 is 0 Å². The summed E-state index contributed by atoms with van der Waals surface area (Å²) in [4.78, 5) is 0. The van der Waals surface area contributed by atoms with Gasteiger partial charge in [0.1, 0.15) is 0 Å². The van der Waals surface area contributed by atoms with Crippen molar-refractivity contribution in [3.8, 4) is 0 Å². The lowest BCUT2D eigenvalue weighted by Crippen LogP contribution is -2.11. The summed E-state index contributed by atoms with van der Waals surface area (Å²) in [6, 6.07) is 0. The van der Waals surface area contributed by atoms with Crippen molar-refractivity contribution < 1.29 is 9.47 Å². The number of hydrogen-bond donors (Lipinski definition) is 0. The van der Waals surface area contributed by atoms with Crippen LogP contribution in [0.3, 0.4) is 0 Å². The molecule has 2 fully saturated rings. The molecule has 2 saturated heterocycles. The molecule has 94 valence electrons. The van der Waals surface area contributed by atoms with Gasteiger partial charge in [-0.05, 0) is 44.4 Å². The summed E-state index contributed by atoms with van der Waals surface area (Å²) in [5.74, 6) is 0.824. The molecule has 2 heteroatoms. The molecule has 0 spiro atoms. The van der Waals surface area contributed by atoms with Gasteiger partial charge in [-0.15, -0.1) is 0 Å². The van der Waals surface area contributed by atoms with Crippen LogP contribution in [0.4, 0.5) is 0 Å². The molecule has 2 heterocycles. The van der Waals surface area contributed by atoms with Gasteiger partial charge in [0.15, 0.2) is 0 Å². The van der Waals surface area contributed by atoms with E-state index in [2.05, 4.69) is 6.92 Å². The molecule has 3 unspecified atom stereocenters. The lowest BCUT2D eigenvalue weighted by atomic mass is 9.95. The predicted octanol–water partition coefficient (Wildman–Crippen LogP) is 3.54. The van der Waals surface area contributed by atoms with Gasteiger partial charge in [-0.25, -0.2) is 0 Å². The van der Waals surface area contributed by atoms with Crippen LogP contribution >= 0.6 is 0 Å². The van der Waals surface area contributed by atoms with Crippen LogP contribution in [0, 0.1) is 5.92 Å². The highest BCUT2D eigenvalue weighted by Gasteiger charge is 2.19. The van der Waals surface area contributed by atoms with E-state index in [-0.39, 0.29) is 0 Å². The summed E-state index contributed by atoms with van der Waals surface area (Å²) in [5, 5.41) is 0. The molecule has 0 N–H and O–H groups in total. The lowest BCUT2D eigenvalue weighted by molar-refractivity contribution is 0.0857. The summed E-state index contributed by atoms with van der Waals surface area (Å²) in [6.45, 7) is 4.36. The third kappa shape index (κ3) is 4.06. The molecule has 2 aliphatic rings. The summed E-state index contributed by atoms with van der Waals surface area (Å²) < 4.78 is 11.3. The molecule has 2 nitrogen and oxygen atoms in total. The van der Waals surface area contributed by atoms with Crippen LogP contribution in [0.1, 0.15) is 58.3 Å². The standard InChI is InChI=1S/C14H26O2/c1-12(11-14-8-4-10-16-14)5-2-6-13-7-3-9-15-13/h12-14H,2-11H2,1H3. The molecule has 0 saturated carbocycles. The first-order valence-corrected chi connectivity index (χ1v) is 7.08. The van der Waals surface area contributed by atoms with E-state index < -0.39 is 0 Å². The van der Waals surface area contributed by atoms with Crippen molar-refractivity contribution in [3.05, 3.63) is 0 Å². The zero-order valence-corrected chi connectivity index (χ0v) is 10.6. The molecule has 3 atom stereocenters. The zero-order valence-electron chi connectivity index (χ0n) is 10.6. The molecule has 0 radical (unpaired) electrons. The van der Waals surface area contributed by atoms with E-state index in [4.69, 9.17) is 9.47 Å². The van der Waals surface area contributed by atoms with E-state index >= 15 is 0 Å². The van der Waals surface area contributed by atoms with Crippen LogP contribution in [-0.4, -0.2) is 25.4 Å². The highest BCUT2D eigenvalue weighted by molar-refractivity contribution is 4.70. The van der Waals surface area contributed by atoms with Gasteiger partial charge in [-0.3, -0.25) is 0 Å². The fraction of sp³-hybridized carbons (Fsp3) is 1.00. The molecular formula is C14H26O2. The number of ether oxygens (including phenoxy) is 2. The van der Waals surface area contributed by atoms with E-state index in [9.17, 15) is 0 Å². The van der Waals surface area contributed by atoms with Gasteiger partial charge < -0.3 is 9.47 Å². The average molecular weight is 226 g/mol. The van der Waals surface area contributed by atoms with Gasteiger partial charge in [0.05, 0.1) is 12.2 Å². The molecule has 0 aromatic rings. The van der Waals surface area contributed by atoms with Crippen molar-refractivity contribution in [1.82, 2.24) is 0 Å². The lowest BCUT2D eigenvalue weighted by Gasteiger charge is -2.16. The second kappa shape index (κ2) is 6.61. The van der Waals surface area contributed by atoms with Gasteiger partial charge in [-0.2, -0.15) is 0 Å². The highest BCUT2D eigenvalue weighted by atomic mass is 16.5. The monoisotopic (exact) mass is 226 g/mol. The second-order valence-corrected chi connectivity index (χ2v) is 5.54. The molecule has 0 bridgehead atoms. The Labute approximate surface area is 99.7 Å². The molecule has 0 amide bonds. The van der Waals surface area contributed by atoms with Crippen LogP contribution in [0.5, 0.6) is 0 Å². The van der Waals surface area contributed by atoms with Gasteiger partial charge in [0.2, 0.25) is 0 Å². The first kappa shape index (κ1) is 12.4. The Balaban J connectivity index is 1.51. The fourth-order valence-corrected chi connectivity index (χ4v) is 2.96. The Morgan fingerprint density at radius 2 is 1.75 bits per heavy atom. The third-order valence-electron chi connectivity index (χ3n) is 3.94. The van der Waals surface area contributed by atoms with Crippen molar-refractivity contribution in [2.45, 2.75) is 70.5 Å². The maximum absolute atomic E-state index is 5.68. The fourth-order valence-electron chi connectivity index (χ4n) is 2.96. The van der Waals surface area contributed by atoms with E-state index in [1.807, 2.05) is 0 Å². The van der Waals surface area contributed by atoms with Crippen molar-refractivity contribution in [2.24, 2.45) is 5.92 Å². The maximum Gasteiger partial charge on any atom is 0.0578 e. The Hall–Kier alpha value is -0.0800. The Morgan fingerprint density at radius 3 is 2.38 bits per heavy atom. The van der Waals surface area contributed by atoms with E-state index in [1.165, 1.54) is 51.4 Å². The van der Waals surface area contributed by atoms with Crippen LogP contribution in [-0.2, 0) is 9.47 Å². The van der Waals surface area contributed by atoms with Gasteiger partial charge in [-0.1, -0.05) is 19.8 Å². The van der Waals surface area contributed by atoms with Crippen LogP contribution in [0.2, 0.25) is 0 Å². The smallest absolute Gasteiger partial charge is 0.0578 e. The van der Waals surface area contributed by atoms with E-state index in [0.29, 0.717) is 12.2 Å². The van der Waals surface area contributed by atoms with Crippen LogP contribution in [0.15, 0.2) is 0 Å². The normalized spacial score (nSPS) is 32.1. The molecule has 2 aliphatic heterocycles. The Morgan fingerprint density at radius 1 is 1.06 bits per heavy atom. The molecule has 0 aromatic heterocycles. The highest BCUT2D eigenvalue weighted by Crippen LogP contribution is 2.24. The SMILES string of the molecule is CC(CCCC1CCCO1)CC1CCCO1. The molecule has 0 aromatic carbocycles. The third-order valence-corrected chi connectivity index (χ3v) is 3.94. The molecule has 16 heavy (non-hydrogen) atoms. The topological polar surface area (TPSA) is 18.5 Å². The molecular weight excluding hydrogens is 200 g/mol. The first-order valence-electron chi connectivity index (χ1n) is 7.08. The summed E-state index contributed by atoms with van der Waals surface area (Å²) in [6.07, 6.45) is 11.5. The van der Waals surface area contributed by atoms with Crippen LogP contribution < -0.4 is 0 Å². The predicted molar refractivity (Wildman–Crippen MR) is 65.6 cm³/mol. The van der Waals surface area contributed by atoms with E-state index in [1.54, 1.807) is 0 Å². The minimum atomic E-state index is 0.567. The van der Waals surface area contributed by atoms with Gasteiger partial charge >= 0.3 is 0 Å². The van der Waals surface area contributed by atoms with E-state index in [0.717, 1.165) is 19.1 Å². The van der Waals surface area contributed by atoms with Gasteiger partial charge in [0.25, 0.3) is 0 Å². The summed E-state index contributed by atoms with van der Waals surface area (Å²) in [7, 11) is 0. The Bertz CT molecular complexity index is 181. The van der Waals surface area contributed by atoms with Crippen molar-refractivity contribution in [3.63, 3.8) is 0 Å². The average Bonchev–Trinajstić information content (AvgIpc) is 2.90. The van der Waals surface area contributed by atoms with Gasteiger partial charge in [0, 0.05) is 13.2 Å². The Kier molecular flexibility index (Phi) is 5.11. The van der Waals surface area contributed by atoms with Crippen LogP contribution in [0.25, 0.3) is 0 Å². The molecule has 0 aliphatic carbocycles. The number of rotatable bonds is 6. The largest absolute Gasteiger partial charge is 0.378 e. The molecule has 2 rings (SSSR count). The zero-order chi connectivity index (χ0) is 11.2. The summed E-state index contributed by atoms with van der Waals surface area (Å²) in [5.41, 5.74) is 0. The summed E-state index contributed by atoms with van der Waals surface area (Å²) >= 11 is 0. The quantitative estimate of drug-likeness (QED) is 0.689.